The Labute approximate surface area is 143 Å². The van der Waals surface area contributed by atoms with E-state index in [9.17, 15) is 4.79 Å². The van der Waals surface area contributed by atoms with Gasteiger partial charge in [-0.1, -0.05) is 48.5 Å². The van der Waals surface area contributed by atoms with Crippen LogP contribution in [0.4, 0.5) is 5.69 Å². The number of anilines is 1. The second-order valence-corrected chi connectivity index (χ2v) is 6.30. The van der Waals surface area contributed by atoms with Crippen molar-refractivity contribution in [1.82, 2.24) is 0 Å². The highest BCUT2D eigenvalue weighted by Gasteiger charge is 2.51. The fourth-order valence-electron chi connectivity index (χ4n) is 3.34. The first-order valence-corrected chi connectivity index (χ1v) is 8.28. The lowest BCUT2D eigenvalue weighted by molar-refractivity contribution is -0.159. The molecule has 1 heterocycles. The van der Waals surface area contributed by atoms with Gasteiger partial charge in [-0.15, -0.1) is 0 Å². The van der Waals surface area contributed by atoms with Gasteiger partial charge in [-0.05, 0) is 38.5 Å². The molecule has 0 radical (unpaired) electrons. The maximum absolute atomic E-state index is 12.5. The first-order valence-electron chi connectivity index (χ1n) is 8.28. The monoisotopic (exact) mass is 325 g/mol. The fourth-order valence-corrected chi connectivity index (χ4v) is 3.34. The van der Waals surface area contributed by atoms with Crippen LogP contribution in [-0.4, -0.2) is 24.4 Å². The molecule has 0 saturated carbocycles. The molecule has 1 aliphatic rings. The van der Waals surface area contributed by atoms with Crippen LogP contribution in [0.15, 0.2) is 60.7 Å². The molecule has 1 saturated heterocycles. The minimum absolute atomic E-state index is 0.234. The highest BCUT2D eigenvalue weighted by atomic mass is 16.6. The van der Waals surface area contributed by atoms with Gasteiger partial charge in [0.25, 0.3) is 0 Å². The highest BCUT2D eigenvalue weighted by Crippen LogP contribution is 2.44. The lowest BCUT2D eigenvalue weighted by atomic mass is 9.99. The third-order valence-corrected chi connectivity index (χ3v) is 4.25. The quantitative estimate of drug-likeness (QED) is 0.798. The number of para-hydroxylation sites is 1. The average Bonchev–Trinajstić information content (AvgIpc) is 2.88. The zero-order chi connectivity index (χ0) is 17.2. The molecule has 4 heteroatoms. The third kappa shape index (κ3) is 3.02. The van der Waals surface area contributed by atoms with Gasteiger partial charge in [-0.3, -0.25) is 0 Å². The minimum Gasteiger partial charge on any atom is -0.464 e. The number of esters is 1. The van der Waals surface area contributed by atoms with E-state index in [4.69, 9.17) is 9.47 Å². The maximum atomic E-state index is 12.5. The molecule has 0 aromatic heterocycles. The van der Waals surface area contributed by atoms with Crippen LogP contribution in [0.5, 0.6) is 0 Å². The number of carbonyl (C=O) groups is 1. The van der Waals surface area contributed by atoms with E-state index in [1.54, 1.807) is 0 Å². The van der Waals surface area contributed by atoms with Crippen molar-refractivity contribution in [2.24, 2.45) is 0 Å². The van der Waals surface area contributed by atoms with Crippen LogP contribution in [0.1, 0.15) is 32.4 Å². The van der Waals surface area contributed by atoms with Gasteiger partial charge in [0.1, 0.15) is 5.72 Å². The zero-order valence-electron chi connectivity index (χ0n) is 14.3. The average molecular weight is 325 g/mol. The van der Waals surface area contributed by atoms with Gasteiger partial charge in [0.05, 0.1) is 12.6 Å². The highest BCUT2D eigenvalue weighted by molar-refractivity contribution is 5.78. The largest absolute Gasteiger partial charge is 0.464 e. The topological polar surface area (TPSA) is 38.8 Å². The predicted octanol–water partition coefficient (Wildman–Crippen LogP) is 3.93. The molecule has 2 aromatic carbocycles. The summed E-state index contributed by atoms with van der Waals surface area (Å²) >= 11 is 0. The van der Waals surface area contributed by atoms with E-state index in [1.165, 1.54) is 0 Å². The Morgan fingerprint density at radius 2 is 1.67 bits per heavy atom. The van der Waals surface area contributed by atoms with Crippen LogP contribution in [0.3, 0.4) is 0 Å². The van der Waals surface area contributed by atoms with Crippen molar-refractivity contribution in [2.75, 3.05) is 11.5 Å². The summed E-state index contributed by atoms with van der Waals surface area (Å²) in [7, 11) is 0. The Morgan fingerprint density at radius 3 is 2.25 bits per heavy atom. The Hall–Kier alpha value is -2.33. The Balaban J connectivity index is 2.08. The van der Waals surface area contributed by atoms with Crippen molar-refractivity contribution >= 4 is 11.7 Å². The van der Waals surface area contributed by atoms with Crippen LogP contribution < -0.4 is 4.90 Å². The molecule has 1 fully saturated rings. The van der Waals surface area contributed by atoms with Crippen molar-refractivity contribution in [3.63, 3.8) is 0 Å². The van der Waals surface area contributed by atoms with Crippen LogP contribution in [0.25, 0.3) is 0 Å². The summed E-state index contributed by atoms with van der Waals surface area (Å²) in [4.78, 5) is 14.7. The van der Waals surface area contributed by atoms with E-state index < -0.39 is 11.8 Å². The van der Waals surface area contributed by atoms with E-state index in [0.717, 1.165) is 11.3 Å². The van der Waals surface area contributed by atoms with E-state index in [-0.39, 0.29) is 12.0 Å². The number of rotatable bonds is 4. The molecule has 2 unspecified atom stereocenters. The van der Waals surface area contributed by atoms with Crippen molar-refractivity contribution < 1.29 is 14.3 Å². The smallest absolute Gasteiger partial charge is 0.337 e. The number of hydrogen-bond donors (Lipinski definition) is 0. The molecule has 3 rings (SSSR count). The normalized spacial score (nSPS) is 22.4. The predicted molar refractivity (Wildman–Crippen MR) is 93.7 cm³/mol. The zero-order valence-corrected chi connectivity index (χ0v) is 14.3. The molecule has 126 valence electrons. The Morgan fingerprint density at radius 1 is 1.08 bits per heavy atom. The van der Waals surface area contributed by atoms with Crippen LogP contribution in [0.2, 0.25) is 0 Å². The van der Waals surface area contributed by atoms with Gasteiger partial charge >= 0.3 is 5.97 Å². The number of carbonyl (C=O) groups excluding carboxylic acids is 1. The molecule has 4 nitrogen and oxygen atoms in total. The lowest BCUT2D eigenvalue weighted by Gasteiger charge is -2.35. The number of nitrogens with zero attached hydrogens (tertiary/aromatic N) is 1. The molecule has 24 heavy (non-hydrogen) atoms. The van der Waals surface area contributed by atoms with Crippen molar-refractivity contribution in [2.45, 2.75) is 38.6 Å². The molecule has 0 N–H and O–H groups in total. The van der Waals surface area contributed by atoms with Crippen molar-refractivity contribution in [3.8, 4) is 0 Å². The molecular formula is C20H23NO3. The van der Waals surface area contributed by atoms with Gasteiger partial charge in [0.2, 0.25) is 0 Å². The molecule has 1 aliphatic heterocycles. The molecule has 2 aromatic rings. The minimum atomic E-state index is -0.664. The van der Waals surface area contributed by atoms with Crippen LogP contribution >= 0.6 is 0 Å². The lowest BCUT2D eigenvalue weighted by Crippen LogP contribution is -2.40. The summed E-state index contributed by atoms with van der Waals surface area (Å²) in [6, 6.07) is 19.8. The van der Waals surface area contributed by atoms with Crippen molar-refractivity contribution in [3.05, 3.63) is 66.2 Å². The van der Waals surface area contributed by atoms with Crippen molar-refractivity contribution in [1.29, 1.82) is 0 Å². The first-order chi connectivity index (χ1) is 11.5. The molecular weight excluding hydrogens is 302 g/mol. The van der Waals surface area contributed by atoms with E-state index >= 15 is 0 Å². The van der Waals surface area contributed by atoms with Crippen LogP contribution in [0, 0.1) is 0 Å². The maximum Gasteiger partial charge on any atom is 0.337 e. The van der Waals surface area contributed by atoms with Gasteiger partial charge in [0, 0.05) is 5.69 Å². The van der Waals surface area contributed by atoms with Gasteiger partial charge in [0.15, 0.2) is 6.10 Å². The number of benzene rings is 2. The molecule has 0 bridgehead atoms. The second kappa shape index (κ2) is 6.65. The summed E-state index contributed by atoms with van der Waals surface area (Å²) in [5, 5.41) is 0. The summed E-state index contributed by atoms with van der Waals surface area (Å²) in [6.45, 7) is 6.11. The van der Waals surface area contributed by atoms with E-state index in [0.29, 0.717) is 6.61 Å². The summed E-state index contributed by atoms with van der Waals surface area (Å²) < 4.78 is 11.4. The van der Waals surface area contributed by atoms with Gasteiger partial charge < -0.3 is 14.4 Å². The summed E-state index contributed by atoms with van der Waals surface area (Å²) in [6.07, 6.45) is -0.664. The molecule has 0 spiro atoms. The van der Waals surface area contributed by atoms with E-state index in [1.807, 2.05) is 81.4 Å². The Kier molecular flexibility index (Phi) is 4.58. The fraction of sp³-hybridized carbons (Fsp3) is 0.350. The molecule has 0 aliphatic carbocycles. The van der Waals surface area contributed by atoms with Gasteiger partial charge in [-0.25, -0.2) is 4.79 Å². The summed E-state index contributed by atoms with van der Waals surface area (Å²) in [5.41, 5.74) is 1.42. The van der Waals surface area contributed by atoms with E-state index in [2.05, 4.69) is 4.90 Å². The standard InChI is InChI=1S/C20H23NO3/c1-4-23-19(22)18-17(15-11-7-5-8-12-15)21(20(2,3)24-18)16-13-9-6-10-14-16/h5-14,17-18H,4H2,1-3H3. The number of hydrogen-bond acceptors (Lipinski definition) is 4. The third-order valence-electron chi connectivity index (χ3n) is 4.25. The first kappa shape index (κ1) is 16.5. The molecule has 0 amide bonds. The molecule has 2 atom stereocenters. The van der Waals surface area contributed by atoms with Gasteiger partial charge in [-0.2, -0.15) is 0 Å². The SMILES string of the molecule is CCOC(=O)C1OC(C)(C)N(c2ccccc2)C1c1ccccc1. The Bertz CT molecular complexity index is 685. The number of ether oxygens (including phenoxy) is 2. The van der Waals surface area contributed by atoms with Crippen LogP contribution in [-0.2, 0) is 14.3 Å². The summed E-state index contributed by atoms with van der Waals surface area (Å²) in [5.74, 6) is -0.321. The second-order valence-electron chi connectivity index (χ2n) is 6.30.